The second kappa shape index (κ2) is 5.49. The predicted molar refractivity (Wildman–Crippen MR) is 71.4 cm³/mol. The Morgan fingerprint density at radius 2 is 1.95 bits per heavy atom. The van der Waals surface area contributed by atoms with Crippen LogP contribution >= 0.6 is 22.7 Å². The summed E-state index contributed by atoms with van der Waals surface area (Å²) in [5, 5.41) is 3.69. The molecule has 0 spiro atoms. The van der Waals surface area contributed by atoms with Gasteiger partial charge in [0.2, 0.25) is 0 Å². The van der Waals surface area contributed by atoms with Crippen LogP contribution < -0.4 is 4.90 Å². The number of aryl methyl sites for hydroxylation is 2. The van der Waals surface area contributed by atoms with Crippen LogP contribution in [0, 0.1) is 13.8 Å². The Morgan fingerprint density at radius 1 is 1.25 bits per heavy atom. The zero-order chi connectivity index (χ0) is 14.9. The van der Waals surface area contributed by atoms with Gasteiger partial charge in [-0.15, -0.1) is 22.7 Å². The first-order valence-electron chi connectivity index (χ1n) is 5.49. The highest BCUT2D eigenvalue weighted by atomic mass is 32.1. The van der Waals surface area contributed by atoms with Crippen LogP contribution in [0.15, 0.2) is 10.8 Å². The maximum atomic E-state index is 12.6. The summed E-state index contributed by atoms with van der Waals surface area (Å²) >= 11 is 2.21. The minimum absolute atomic E-state index is 0.00426. The average Bonchev–Trinajstić information content (AvgIpc) is 2.93. The van der Waals surface area contributed by atoms with Gasteiger partial charge in [-0.3, -0.25) is 9.69 Å². The number of halogens is 3. The van der Waals surface area contributed by atoms with Gasteiger partial charge in [-0.1, -0.05) is 0 Å². The minimum Gasteiger partial charge on any atom is -0.273 e. The van der Waals surface area contributed by atoms with Gasteiger partial charge in [-0.25, -0.2) is 9.97 Å². The standard InChI is InChI=1S/C11H10F3N3OS2/c1-6-3-20-10(15-6)17(5-11(12,13)14)9(18)8-4-19-7(2)16-8/h3-4H,5H2,1-2H3. The first kappa shape index (κ1) is 14.9. The summed E-state index contributed by atoms with van der Waals surface area (Å²) < 4.78 is 37.9. The van der Waals surface area contributed by atoms with Crippen LogP contribution in [-0.2, 0) is 0 Å². The van der Waals surface area contributed by atoms with Crippen LogP contribution in [0.2, 0.25) is 0 Å². The molecule has 0 atom stereocenters. The van der Waals surface area contributed by atoms with Crippen LogP contribution in [0.3, 0.4) is 0 Å². The van der Waals surface area contributed by atoms with Gasteiger partial charge in [0.15, 0.2) is 5.13 Å². The molecule has 2 aromatic heterocycles. The number of carbonyl (C=O) groups excluding carboxylic acids is 1. The molecule has 0 N–H and O–H groups in total. The Morgan fingerprint density at radius 3 is 2.40 bits per heavy atom. The fourth-order valence-corrected chi connectivity index (χ4v) is 2.86. The lowest BCUT2D eigenvalue weighted by Gasteiger charge is -2.20. The summed E-state index contributed by atoms with van der Waals surface area (Å²) in [5.74, 6) is -0.791. The zero-order valence-corrected chi connectivity index (χ0v) is 12.2. The highest BCUT2D eigenvalue weighted by molar-refractivity contribution is 7.14. The SMILES string of the molecule is Cc1csc(N(CC(F)(F)F)C(=O)c2csc(C)n2)n1. The molecule has 2 rings (SSSR count). The van der Waals surface area contributed by atoms with Crippen molar-refractivity contribution in [3.05, 3.63) is 27.2 Å². The lowest BCUT2D eigenvalue weighted by Crippen LogP contribution is -2.39. The van der Waals surface area contributed by atoms with E-state index in [1.807, 2.05) is 0 Å². The van der Waals surface area contributed by atoms with Crippen molar-refractivity contribution in [1.82, 2.24) is 9.97 Å². The van der Waals surface area contributed by atoms with Crippen molar-refractivity contribution in [2.24, 2.45) is 0 Å². The van der Waals surface area contributed by atoms with E-state index in [4.69, 9.17) is 0 Å². The number of carbonyl (C=O) groups is 1. The Bertz CT molecular complexity index is 620. The second-order valence-electron chi connectivity index (χ2n) is 4.03. The molecule has 0 aliphatic carbocycles. The van der Waals surface area contributed by atoms with Crippen molar-refractivity contribution < 1.29 is 18.0 Å². The quantitative estimate of drug-likeness (QED) is 0.870. The second-order valence-corrected chi connectivity index (χ2v) is 5.93. The van der Waals surface area contributed by atoms with E-state index in [9.17, 15) is 18.0 Å². The normalized spacial score (nSPS) is 11.7. The molecule has 0 radical (unpaired) electrons. The molecule has 0 aliphatic heterocycles. The number of anilines is 1. The summed E-state index contributed by atoms with van der Waals surface area (Å²) in [4.78, 5) is 20.7. The molecule has 108 valence electrons. The van der Waals surface area contributed by atoms with Crippen LogP contribution in [0.5, 0.6) is 0 Å². The molecule has 0 saturated heterocycles. The lowest BCUT2D eigenvalue weighted by atomic mass is 10.4. The summed E-state index contributed by atoms with van der Waals surface area (Å²) in [7, 11) is 0. The monoisotopic (exact) mass is 321 g/mol. The maximum absolute atomic E-state index is 12.6. The fraction of sp³-hybridized carbons (Fsp3) is 0.364. The van der Waals surface area contributed by atoms with Crippen molar-refractivity contribution in [1.29, 1.82) is 0 Å². The Balaban J connectivity index is 2.33. The number of alkyl halides is 3. The van der Waals surface area contributed by atoms with Gasteiger partial charge in [0.05, 0.1) is 10.7 Å². The molecule has 0 bridgehead atoms. The molecule has 0 saturated carbocycles. The summed E-state index contributed by atoms with van der Waals surface area (Å²) in [6.07, 6.45) is -4.50. The zero-order valence-electron chi connectivity index (χ0n) is 10.6. The van der Waals surface area contributed by atoms with Crippen molar-refractivity contribution in [3.8, 4) is 0 Å². The minimum atomic E-state index is -4.50. The lowest BCUT2D eigenvalue weighted by molar-refractivity contribution is -0.118. The Hall–Kier alpha value is -1.48. The van der Waals surface area contributed by atoms with Crippen LogP contribution in [0.4, 0.5) is 18.3 Å². The van der Waals surface area contributed by atoms with Crippen LogP contribution in [-0.4, -0.2) is 28.6 Å². The molecule has 0 aliphatic rings. The van der Waals surface area contributed by atoms with E-state index in [1.165, 1.54) is 16.7 Å². The third kappa shape index (κ3) is 3.54. The van der Waals surface area contributed by atoms with Crippen LogP contribution in [0.25, 0.3) is 0 Å². The smallest absolute Gasteiger partial charge is 0.273 e. The van der Waals surface area contributed by atoms with E-state index >= 15 is 0 Å². The summed E-state index contributed by atoms with van der Waals surface area (Å²) in [6, 6.07) is 0. The molecule has 20 heavy (non-hydrogen) atoms. The van der Waals surface area contributed by atoms with Gasteiger partial charge >= 0.3 is 6.18 Å². The maximum Gasteiger partial charge on any atom is 0.406 e. The highest BCUT2D eigenvalue weighted by Gasteiger charge is 2.36. The first-order valence-corrected chi connectivity index (χ1v) is 7.25. The Labute approximate surface area is 120 Å². The molecule has 9 heteroatoms. The highest BCUT2D eigenvalue weighted by Crippen LogP contribution is 2.27. The number of rotatable bonds is 3. The van der Waals surface area contributed by atoms with Gasteiger partial charge in [0.25, 0.3) is 5.91 Å². The molecule has 0 aromatic carbocycles. The predicted octanol–water partition coefficient (Wildman–Crippen LogP) is 3.43. The van der Waals surface area contributed by atoms with E-state index in [0.717, 1.165) is 11.3 Å². The van der Waals surface area contributed by atoms with E-state index in [0.29, 0.717) is 15.6 Å². The number of hydrogen-bond donors (Lipinski definition) is 0. The molecular formula is C11H10F3N3OS2. The van der Waals surface area contributed by atoms with Gasteiger partial charge in [0, 0.05) is 10.8 Å². The van der Waals surface area contributed by atoms with Crippen molar-refractivity contribution >= 4 is 33.7 Å². The average molecular weight is 321 g/mol. The van der Waals surface area contributed by atoms with E-state index in [2.05, 4.69) is 9.97 Å². The number of nitrogens with zero attached hydrogens (tertiary/aromatic N) is 3. The van der Waals surface area contributed by atoms with E-state index in [-0.39, 0.29) is 10.8 Å². The fourth-order valence-electron chi connectivity index (χ4n) is 1.47. The molecule has 4 nitrogen and oxygen atoms in total. The van der Waals surface area contributed by atoms with E-state index < -0.39 is 18.6 Å². The summed E-state index contributed by atoms with van der Waals surface area (Å²) in [6.45, 7) is 1.96. The number of amides is 1. The number of aromatic nitrogens is 2. The number of thiazole rings is 2. The number of hydrogen-bond acceptors (Lipinski definition) is 5. The topological polar surface area (TPSA) is 46.1 Å². The largest absolute Gasteiger partial charge is 0.406 e. The first-order chi connectivity index (χ1) is 9.26. The molecule has 0 fully saturated rings. The molecule has 2 aromatic rings. The van der Waals surface area contributed by atoms with Gasteiger partial charge < -0.3 is 0 Å². The third-order valence-corrected chi connectivity index (χ3v) is 4.01. The molecule has 1 amide bonds. The third-order valence-electron chi connectivity index (χ3n) is 2.26. The van der Waals surface area contributed by atoms with Crippen molar-refractivity contribution in [2.75, 3.05) is 11.4 Å². The van der Waals surface area contributed by atoms with Crippen LogP contribution in [0.1, 0.15) is 21.2 Å². The molecule has 2 heterocycles. The van der Waals surface area contributed by atoms with Gasteiger partial charge in [0.1, 0.15) is 12.2 Å². The molecule has 0 unspecified atom stereocenters. The van der Waals surface area contributed by atoms with Gasteiger partial charge in [-0.05, 0) is 13.8 Å². The van der Waals surface area contributed by atoms with Crippen molar-refractivity contribution in [3.63, 3.8) is 0 Å². The molecular weight excluding hydrogens is 311 g/mol. The van der Waals surface area contributed by atoms with Gasteiger partial charge in [-0.2, -0.15) is 13.2 Å². The summed E-state index contributed by atoms with van der Waals surface area (Å²) in [5.41, 5.74) is 0.573. The van der Waals surface area contributed by atoms with E-state index in [1.54, 1.807) is 19.2 Å². The van der Waals surface area contributed by atoms with Crippen molar-refractivity contribution in [2.45, 2.75) is 20.0 Å². The Kier molecular flexibility index (Phi) is 4.09.